The maximum absolute atomic E-state index is 11.9. The first-order chi connectivity index (χ1) is 8.00. The normalized spacial score (nSPS) is 12.8. The highest BCUT2D eigenvalue weighted by molar-refractivity contribution is 5.81. The second kappa shape index (κ2) is 6.42. The van der Waals surface area contributed by atoms with E-state index in [-0.39, 0.29) is 5.91 Å². The molecule has 1 amide bonds. The van der Waals surface area contributed by atoms with Gasteiger partial charge in [-0.2, -0.15) is 0 Å². The molecule has 0 aliphatic rings. The van der Waals surface area contributed by atoms with Crippen LogP contribution < -0.4 is 5.73 Å². The van der Waals surface area contributed by atoms with Crippen LogP contribution in [0.25, 0.3) is 0 Å². The van der Waals surface area contributed by atoms with Crippen LogP contribution in [0, 0.1) is 0 Å². The third-order valence-corrected chi connectivity index (χ3v) is 2.45. The van der Waals surface area contributed by atoms with Crippen molar-refractivity contribution in [3.05, 3.63) is 24.2 Å². The van der Waals surface area contributed by atoms with Gasteiger partial charge in [-0.15, -0.1) is 0 Å². The molecule has 0 saturated carbocycles. The topological polar surface area (TPSA) is 62.7 Å². The smallest absolute Gasteiger partial charge is 0.239 e. The minimum atomic E-state index is -0.480. The predicted molar refractivity (Wildman–Crippen MR) is 66.3 cm³/mol. The zero-order valence-electron chi connectivity index (χ0n) is 10.7. The lowest BCUT2D eigenvalue weighted by atomic mass is 10.3. The molecule has 0 spiro atoms. The largest absolute Gasteiger partial charge is 0.467 e. The number of carbonyl (C=O) groups excluding carboxylic acids is 1. The lowest BCUT2D eigenvalue weighted by Gasteiger charge is -2.25. The van der Waals surface area contributed by atoms with E-state index in [1.807, 2.05) is 31.1 Å². The van der Waals surface area contributed by atoms with Gasteiger partial charge in [0.2, 0.25) is 5.91 Å². The van der Waals surface area contributed by atoms with Crippen molar-refractivity contribution in [3.8, 4) is 0 Å². The molecule has 1 rings (SSSR count). The molecule has 5 nitrogen and oxygen atoms in total. The van der Waals surface area contributed by atoms with Crippen LogP contribution in [0.15, 0.2) is 22.8 Å². The molecule has 1 heterocycles. The number of likely N-dealkylation sites (N-methyl/N-ethyl adjacent to an activating group) is 1. The average Bonchev–Trinajstić information content (AvgIpc) is 2.75. The first-order valence-electron chi connectivity index (χ1n) is 5.72. The van der Waals surface area contributed by atoms with Crippen LogP contribution in [0.1, 0.15) is 12.7 Å². The van der Waals surface area contributed by atoms with Gasteiger partial charge in [0, 0.05) is 13.1 Å². The minimum absolute atomic E-state index is 0.0525. The Balaban J connectivity index is 2.61. The fraction of sp³-hybridized carbons (Fsp3) is 0.583. The van der Waals surface area contributed by atoms with Gasteiger partial charge in [0.15, 0.2) is 0 Å². The van der Waals surface area contributed by atoms with Crippen LogP contribution in [-0.2, 0) is 11.3 Å². The van der Waals surface area contributed by atoms with Gasteiger partial charge in [-0.25, -0.2) is 0 Å². The summed E-state index contributed by atoms with van der Waals surface area (Å²) < 4.78 is 5.25. The Bertz CT molecular complexity index is 334. The van der Waals surface area contributed by atoms with E-state index in [0.29, 0.717) is 13.1 Å². The van der Waals surface area contributed by atoms with Crippen LogP contribution in [0.2, 0.25) is 0 Å². The van der Waals surface area contributed by atoms with Crippen molar-refractivity contribution in [2.45, 2.75) is 19.5 Å². The summed E-state index contributed by atoms with van der Waals surface area (Å²) in [5, 5.41) is 0. The van der Waals surface area contributed by atoms with Crippen LogP contribution >= 0.6 is 0 Å². The van der Waals surface area contributed by atoms with Crippen molar-refractivity contribution in [3.63, 3.8) is 0 Å². The van der Waals surface area contributed by atoms with E-state index in [9.17, 15) is 4.79 Å². The third kappa shape index (κ3) is 4.58. The molecule has 0 aliphatic carbocycles. The quantitative estimate of drug-likeness (QED) is 0.786. The first kappa shape index (κ1) is 13.7. The highest BCUT2D eigenvalue weighted by atomic mass is 16.3. The molecule has 1 aromatic rings. The number of amides is 1. The van der Waals surface area contributed by atoms with Gasteiger partial charge in [0.1, 0.15) is 5.76 Å². The highest BCUT2D eigenvalue weighted by Gasteiger charge is 2.18. The number of hydrogen-bond donors (Lipinski definition) is 1. The Kier molecular flexibility index (Phi) is 5.18. The van der Waals surface area contributed by atoms with E-state index < -0.39 is 6.04 Å². The van der Waals surface area contributed by atoms with Gasteiger partial charge < -0.3 is 20.0 Å². The van der Waals surface area contributed by atoms with E-state index in [4.69, 9.17) is 10.2 Å². The van der Waals surface area contributed by atoms with Crippen LogP contribution in [0.5, 0.6) is 0 Å². The van der Waals surface area contributed by atoms with Gasteiger partial charge in [0.25, 0.3) is 0 Å². The highest BCUT2D eigenvalue weighted by Crippen LogP contribution is 2.06. The van der Waals surface area contributed by atoms with Crippen molar-refractivity contribution in [1.82, 2.24) is 9.80 Å². The van der Waals surface area contributed by atoms with Crippen molar-refractivity contribution in [2.24, 2.45) is 5.73 Å². The Morgan fingerprint density at radius 1 is 1.47 bits per heavy atom. The first-order valence-corrected chi connectivity index (χ1v) is 5.72. The number of nitrogens with zero attached hydrogens (tertiary/aromatic N) is 2. The summed E-state index contributed by atoms with van der Waals surface area (Å²) in [4.78, 5) is 15.7. The van der Waals surface area contributed by atoms with Gasteiger partial charge >= 0.3 is 0 Å². The van der Waals surface area contributed by atoms with Crippen molar-refractivity contribution in [1.29, 1.82) is 0 Å². The Labute approximate surface area is 102 Å². The molecule has 5 heteroatoms. The number of hydrogen-bond acceptors (Lipinski definition) is 4. The monoisotopic (exact) mass is 239 g/mol. The van der Waals surface area contributed by atoms with Crippen molar-refractivity contribution >= 4 is 5.91 Å². The summed E-state index contributed by atoms with van der Waals surface area (Å²) in [7, 11) is 3.95. The number of nitrogens with two attached hydrogens (primary N) is 1. The maximum Gasteiger partial charge on any atom is 0.239 e. The molecule has 1 atom stereocenters. The van der Waals surface area contributed by atoms with Gasteiger partial charge in [0.05, 0.1) is 18.8 Å². The average molecular weight is 239 g/mol. The lowest BCUT2D eigenvalue weighted by Crippen LogP contribution is -2.44. The Morgan fingerprint density at radius 3 is 2.65 bits per heavy atom. The summed E-state index contributed by atoms with van der Waals surface area (Å²) in [6.45, 7) is 3.63. The van der Waals surface area contributed by atoms with Gasteiger partial charge in [-0.1, -0.05) is 0 Å². The second-order valence-electron chi connectivity index (χ2n) is 4.43. The molecular formula is C12H21N3O2. The van der Waals surface area contributed by atoms with Crippen molar-refractivity contribution in [2.75, 3.05) is 27.2 Å². The maximum atomic E-state index is 11.9. The van der Waals surface area contributed by atoms with Gasteiger partial charge in [-0.05, 0) is 33.2 Å². The number of furan rings is 1. The van der Waals surface area contributed by atoms with Crippen molar-refractivity contribution < 1.29 is 9.21 Å². The summed E-state index contributed by atoms with van der Waals surface area (Å²) in [6.07, 6.45) is 1.61. The molecule has 0 aliphatic heterocycles. The van der Waals surface area contributed by atoms with Crippen LogP contribution in [-0.4, -0.2) is 48.9 Å². The molecule has 0 saturated heterocycles. The van der Waals surface area contributed by atoms with E-state index in [2.05, 4.69) is 0 Å². The lowest BCUT2D eigenvalue weighted by molar-refractivity contribution is -0.133. The van der Waals surface area contributed by atoms with Crippen LogP contribution in [0.4, 0.5) is 0 Å². The number of carbonyl (C=O) groups is 1. The van der Waals surface area contributed by atoms with E-state index >= 15 is 0 Å². The molecule has 0 fully saturated rings. The molecule has 17 heavy (non-hydrogen) atoms. The molecule has 1 unspecified atom stereocenters. The predicted octanol–water partition coefficient (Wildman–Crippen LogP) is 0.517. The van der Waals surface area contributed by atoms with E-state index in [0.717, 1.165) is 12.3 Å². The molecule has 0 radical (unpaired) electrons. The summed E-state index contributed by atoms with van der Waals surface area (Å²) >= 11 is 0. The molecule has 2 N–H and O–H groups in total. The SMILES string of the molecule is CC(N)C(=O)N(CCN(C)C)Cc1ccco1. The van der Waals surface area contributed by atoms with Crippen LogP contribution in [0.3, 0.4) is 0 Å². The Hall–Kier alpha value is -1.33. The zero-order valence-corrected chi connectivity index (χ0v) is 10.7. The number of rotatable bonds is 6. The summed E-state index contributed by atoms with van der Waals surface area (Å²) in [5.41, 5.74) is 5.64. The molecule has 96 valence electrons. The Morgan fingerprint density at radius 2 is 2.18 bits per heavy atom. The minimum Gasteiger partial charge on any atom is -0.467 e. The summed E-state index contributed by atoms with van der Waals surface area (Å²) in [6, 6.07) is 3.19. The molecular weight excluding hydrogens is 218 g/mol. The fourth-order valence-corrected chi connectivity index (χ4v) is 1.47. The van der Waals surface area contributed by atoms with E-state index in [1.54, 1.807) is 18.1 Å². The molecule has 0 bridgehead atoms. The van der Waals surface area contributed by atoms with E-state index in [1.165, 1.54) is 0 Å². The fourth-order valence-electron chi connectivity index (χ4n) is 1.47. The molecule has 1 aromatic heterocycles. The second-order valence-corrected chi connectivity index (χ2v) is 4.43. The summed E-state index contributed by atoms with van der Waals surface area (Å²) in [5.74, 6) is 0.723. The standard InChI is InChI=1S/C12H21N3O2/c1-10(13)12(16)15(7-6-14(2)3)9-11-5-4-8-17-11/h4-5,8,10H,6-7,9,13H2,1-3H3. The van der Waals surface area contributed by atoms with Gasteiger partial charge in [-0.3, -0.25) is 4.79 Å². The molecule has 0 aromatic carbocycles. The third-order valence-electron chi connectivity index (χ3n) is 2.45. The zero-order chi connectivity index (χ0) is 12.8.